The Labute approximate surface area is 379 Å². The van der Waals surface area contributed by atoms with Crippen molar-refractivity contribution in [2.45, 2.75) is 88.4 Å². The molecule has 1 unspecified atom stereocenters. The number of nitrogens with zero attached hydrogens (tertiary/aromatic N) is 11. The van der Waals surface area contributed by atoms with Crippen LogP contribution in [0.5, 0.6) is 0 Å². The average Bonchev–Trinajstić information content (AvgIpc) is 4.18. The summed E-state index contributed by atoms with van der Waals surface area (Å²) in [7, 11) is 1.76. The highest BCUT2D eigenvalue weighted by atomic mass is 19.3. The van der Waals surface area contributed by atoms with Gasteiger partial charge in [0.2, 0.25) is 11.8 Å². The number of halogens is 2. The first-order valence-electron chi connectivity index (χ1n) is 23.7. The molecular weight excluding hydrogens is 853 g/mol. The summed E-state index contributed by atoms with van der Waals surface area (Å²) in [4.78, 5) is 66.1. The Morgan fingerprint density at radius 2 is 1.67 bits per heavy atom. The summed E-state index contributed by atoms with van der Waals surface area (Å²) in [6, 6.07) is 7.30. The van der Waals surface area contributed by atoms with E-state index >= 15 is 0 Å². The van der Waals surface area contributed by atoms with Crippen LogP contribution >= 0.6 is 0 Å². The summed E-state index contributed by atoms with van der Waals surface area (Å²) in [6.07, 6.45) is 9.31. The fraction of sp³-hybridized carbons (Fsp3) is 0.587. The molecule has 4 aromatic heterocycles. The Balaban J connectivity index is 0.646. The largest absolute Gasteiger partial charge is 0.374 e. The van der Waals surface area contributed by atoms with E-state index in [-0.39, 0.29) is 47.5 Å². The first kappa shape index (κ1) is 42.9. The summed E-state index contributed by atoms with van der Waals surface area (Å²) in [6.45, 7) is 9.38. The third kappa shape index (κ3) is 8.03. The van der Waals surface area contributed by atoms with E-state index in [1.165, 1.54) is 10.7 Å². The van der Waals surface area contributed by atoms with Crippen molar-refractivity contribution in [2.75, 3.05) is 80.6 Å². The van der Waals surface area contributed by atoms with Crippen molar-refractivity contribution < 1.29 is 27.9 Å². The van der Waals surface area contributed by atoms with Gasteiger partial charge in [-0.3, -0.25) is 33.5 Å². The number of morpholine rings is 1. The fourth-order valence-corrected chi connectivity index (χ4v) is 11.6. The maximum Gasteiger partial charge on any atom is 0.329 e. The number of hydrogen-bond acceptors (Lipinski definition) is 12. The third-order valence-electron chi connectivity index (χ3n) is 15.3. The van der Waals surface area contributed by atoms with Crippen LogP contribution in [0.15, 0.2) is 47.7 Å². The van der Waals surface area contributed by atoms with E-state index in [0.717, 1.165) is 121 Å². The molecule has 0 spiro atoms. The zero-order chi connectivity index (χ0) is 45.2. The molecule has 5 aromatic rings. The van der Waals surface area contributed by atoms with E-state index < -0.39 is 30.0 Å². The van der Waals surface area contributed by atoms with Gasteiger partial charge in [0.1, 0.15) is 17.4 Å². The number of rotatable bonds is 11. The number of fused-ring (bicyclic) bond motifs is 4. The smallest absolute Gasteiger partial charge is 0.329 e. The first-order valence-corrected chi connectivity index (χ1v) is 23.7. The monoisotopic (exact) mass is 909 g/mol. The number of imidazole rings is 1. The molecule has 5 aliphatic heterocycles. The molecule has 0 radical (unpaired) electrons. The van der Waals surface area contributed by atoms with Gasteiger partial charge in [0.05, 0.1) is 53.4 Å². The minimum absolute atomic E-state index is 0.00928. The third-order valence-corrected chi connectivity index (χ3v) is 15.3. The number of carbonyl (C=O) groups excluding carboxylic acids is 3. The van der Waals surface area contributed by atoms with Crippen molar-refractivity contribution in [1.82, 2.24) is 48.6 Å². The van der Waals surface area contributed by atoms with Crippen LogP contribution in [0, 0.1) is 11.8 Å². The van der Waals surface area contributed by atoms with Gasteiger partial charge < -0.3 is 29.7 Å². The molecule has 11 rings (SSSR count). The molecule has 6 aliphatic rings. The Bertz CT molecular complexity index is 2710. The molecule has 2 bridgehead atoms. The van der Waals surface area contributed by atoms with E-state index in [9.17, 15) is 28.0 Å². The highest BCUT2D eigenvalue weighted by molar-refractivity contribution is 6.08. The average molecular weight is 910 g/mol. The van der Waals surface area contributed by atoms with Gasteiger partial charge in [0.15, 0.2) is 11.3 Å². The van der Waals surface area contributed by atoms with Gasteiger partial charge in [0.25, 0.3) is 12.3 Å². The SMILES string of the molecule is Cn1c(=O)n(C2CCC(=O)NC2=O)c2cccc(N3CCC(CN4CCN(CC5CCC(n6cc(NC(=O)c7cnn8ccc(N9C[C@H]%10C[C@@H]9CO%10)nc78)c(C(F)F)n6)CC5)CC4)CC3)c21. The number of para-hydroxylation sites is 1. The van der Waals surface area contributed by atoms with Crippen molar-refractivity contribution in [3.8, 4) is 0 Å². The maximum atomic E-state index is 14.3. The van der Waals surface area contributed by atoms with Crippen LogP contribution in [0.2, 0.25) is 0 Å². The van der Waals surface area contributed by atoms with Crippen LogP contribution in [-0.2, 0) is 21.4 Å². The quantitative estimate of drug-likeness (QED) is 0.183. The number of nitrogens with one attached hydrogen (secondary N) is 2. The number of piperazine rings is 1. The molecule has 66 heavy (non-hydrogen) atoms. The number of carbonyl (C=O) groups is 3. The van der Waals surface area contributed by atoms with Crippen molar-refractivity contribution in [3.63, 3.8) is 0 Å². The first-order chi connectivity index (χ1) is 32.0. The van der Waals surface area contributed by atoms with E-state index in [1.807, 2.05) is 18.2 Å². The van der Waals surface area contributed by atoms with Gasteiger partial charge in [0, 0.05) is 84.8 Å². The zero-order valence-corrected chi connectivity index (χ0v) is 37.2. The van der Waals surface area contributed by atoms with Crippen molar-refractivity contribution in [3.05, 3.63) is 64.6 Å². The number of anilines is 3. The Hall–Kier alpha value is -5.73. The number of hydrogen-bond donors (Lipinski definition) is 2. The Morgan fingerprint density at radius 1 is 0.924 bits per heavy atom. The van der Waals surface area contributed by atoms with Gasteiger partial charge in [-0.1, -0.05) is 6.07 Å². The van der Waals surface area contributed by atoms with Crippen LogP contribution in [0.1, 0.15) is 92.3 Å². The molecule has 1 saturated carbocycles. The van der Waals surface area contributed by atoms with Crippen molar-refractivity contribution in [2.24, 2.45) is 18.9 Å². The molecule has 1 aliphatic carbocycles. The highest BCUT2D eigenvalue weighted by Gasteiger charge is 2.40. The molecule has 20 heteroatoms. The lowest BCUT2D eigenvalue weighted by Crippen LogP contribution is -2.50. The molecule has 2 N–H and O–H groups in total. The molecule has 18 nitrogen and oxygen atoms in total. The Kier molecular flexibility index (Phi) is 11.4. The van der Waals surface area contributed by atoms with Crippen LogP contribution in [0.3, 0.4) is 0 Å². The molecule has 9 heterocycles. The number of aromatic nitrogens is 7. The molecule has 3 atom stereocenters. The summed E-state index contributed by atoms with van der Waals surface area (Å²) >= 11 is 0. The second kappa shape index (κ2) is 17.5. The number of imide groups is 1. The number of benzene rings is 1. The highest BCUT2D eigenvalue weighted by Crippen LogP contribution is 2.37. The Morgan fingerprint density at radius 3 is 2.35 bits per heavy atom. The molecule has 5 saturated heterocycles. The summed E-state index contributed by atoms with van der Waals surface area (Å²) in [5.74, 6) is 0.570. The number of piperidine rings is 2. The molecule has 350 valence electrons. The van der Waals surface area contributed by atoms with E-state index in [0.29, 0.717) is 36.0 Å². The van der Waals surface area contributed by atoms with Gasteiger partial charge in [-0.15, -0.1) is 0 Å². The predicted octanol–water partition coefficient (Wildman–Crippen LogP) is 3.99. The lowest BCUT2D eigenvalue weighted by Gasteiger charge is -2.41. The van der Waals surface area contributed by atoms with E-state index in [4.69, 9.17) is 9.72 Å². The molecule has 6 fully saturated rings. The second-order valence-corrected chi connectivity index (χ2v) is 19.3. The standard InChI is InChI=1S/C46H57F2N13O5/c1-54-41-35(3-2-4-36(41)61(46(54)65)37-9-10-39(62)52-45(37)64)57-14-11-29(12-15-57)24-56-19-17-55(18-20-56)23-28-5-7-30(8-6-28)60-26-34(40(53-60)42(47)48)50-44(63)33-22-49-59-16-13-38(51-43(33)59)58-25-32-21-31(58)27-66-32/h2-4,13,16,22,26,28-32,37,42H,5-12,14-15,17-21,23-25,27H2,1H3,(H,50,63)(H,52,62,64)/t28?,30?,31-,32-,37?/m1/s1. The van der Waals surface area contributed by atoms with Crippen molar-refractivity contribution >= 4 is 51.6 Å². The zero-order valence-electron chi connectivity index (χ0n) is 37.2. The lowest BCUT2D eigenvalue weighted by molar-refractivity contribution is -0.135. The molecule has 1 aromatic carbocycles. The van der Waals surface area contributed by atoms with E-state index in [2.05, 4.69) is 46.5 Å². The van der Waals surface area contributed by atoms with Gasteiger partial charge in [-0.2, -0.15) is 10.2 Å². The van der Waals surface area contributed by atoms with Gasteiger partial charge >= 0.3 is 5.69 Å². The summed E-state index contributed by atoms with van der Waals surface area (Å²) in [5, 5.41) is 13.7. The number of alkyl halides is 2. The number of aryl methyl sites for hydroxylation is 1. The topological polar surface area (TPSA) is 172 Å². The van der Waals surface area contributed by atoms with Crippen LogP contribution in [0.25, 0.3) is 16.7 Å². The predicted molar refractivity (Wildman–Crippen MR) is 241 cm³/mol. The summed E-state index contributed by atoms with van der Waals surface area (Å²) < 4.78 is 40.8. The lowest BCUT2D eigenvalue weighted by atomic mass is 9.85. The maximum absolute atomic E-state index is 14.3. The van der Waals surface area contributed by atoms with Crippen LogP contribution in [0.4, 0.5) is 26.0 Å². The van der Waals surface area contributed by atoms with Gasteiger partial charge in [-0.05, 0) is 81.4 Å². The van der Waals surface area contributed by atoms with Crippen LogP contribution < -0.4 is 26.1 Å². The number of amides is 3. The van der Waals surface area contributed by atoms with E-state index in [1.54, 1.807) is 33.3 Å². The molecule has 3 amide bonds. The van der Waals surface area contributed by atoms with Crippen LogP contribution in [-0.4, -0.2) is 139 Å². The molecular formula is C46H57F2N13O5. The number of ether oxygens (including phenoxy) is 1. The van der Waals surface area contributed by atoms with Crippen molar-refractivity contribution in [1.29, 1.82) is 0 Å². The normalized spacial score (nSPS) is 25.8. The second-order valence-electron chi connectivity index (χ2n) is 19.3. The van der Waals surface area contributed by atoms with Gasteiger partial charge in [-0.25, -0.2) is 23.1 Å². The fourth-order valence-electron chi connectivity index (χ4n) is 11.6. The minimum Gasteiger partial charge on any atom is -0.374 e. The summed E-state index contributed by atoms with van der Waals surface area (Å²) in [5.41, 5.74) is 2.43. The minimum atomic E-state index is -2.85.